The number of ether oxygens (including phenoxy) is 1. The van der Waals surface area contributed by atoms with Crippen LogP contribution in [0, 0.1) is 0 Å². The molecule has 2 rings (SSSR count). The van der Waals surface area contributed by atoms with Crippen LogP contribution >= 0.6 is 23.2 Å². The molecule has 0 spiro atoms. The van der Waals surface area contributed by atoms with Gasteiger partial charge in [-0.15, -0.1) is 0 Å². The van der Waals surface area contributed by atoms with Crippen LogP contribution in [-0.4, -0.2) is 0 Å². The van der Waals surface area contributed by atoms with Crippen LogP contribution in [0.5, 0.6) is 11.5 Å². The van der Waals surface area contributed by atoms with Crippen molar-refractivity contribution in [3.05, 3.63) is 58.1 Å². The van der Waals surface area contributed by atoms with E-state index in [2.05, 4.69) is 0 Å². The van der Waals surface area contributed by atoms with Crippen LogP contribution in [0.25, 0.3) is 0 Å². The second-order valence-corrected chi connectivity index (χ2v) is 5.04. The maximum absolute atomic E-state index is 6.08. The van der Waals surface area contributed by atoms with Gasteiger partial charge in [-0.25, -0.2) is 0 Å². The number of para-hydroxylation sites is 1. The van der Waals surface area contributed by atoms with Gasteiger partial charge in [-0.3, -0.25) is 0 Å². The summed E-state index contributed by atoms with van der Waals surface area (Å²) in [5, 5.41) is 0.976. The van der Waals surface area contributed by atoms with Gasteiger partial charge in [0, 0.05) is 17.7 Å². The molecule has 1 atom stereocenters. The zero-order valence-corrected chi connectivity index (χ0v) is 12.1. The van der Waals surface area contributed by atoms with Crippen LogP contribution in [0.15, 0.2) is 42.5 Å². The molecule has 0 radical (unpaired) electrons. The van der Waals surface area contributed by atoms with E-state index in [1.54, 1.807) is 18.2 Å². The molecule has 0 saturated heterocycles. The molecule has 4 heteroatoms. The highest BCUT2D eigenvalue weighted by atomic mass is 35.5. The highest BCUT2D eigenvalue weighted by molar-refractivity contribution is 6.42. The van der Waals surface area contributed by atoms with Crippen molar-refractivity contribution in [2.45, 2.75) is 19.4 Å². The third-order valence-electron chi connectivity index (χ3n) is 2.88. The predicted octanol–water partition coefficient (Wildman–Crippen LogP) is 5.20. The van der Waals surface area contributed by atoms with Gasteiger partial charge < -0.3 is 10.5 Å². The molecular weight excluding hydrogens is 281 g/mol. The minimum absolute atomic E-state index is 0.0426. The van der Waals surface area contributed by atoms with E-state index in [0.29, 0.717) is 15.8 Å². The van der Waals surface area contributed by atoms with Crippen molar-refractivity contribution < 1.29 is 4.74 Å². The maximum atomic E-state index is 6.08. The van der Waals surface area contributed by atoms with Gasteiger partial charge in [0.25, 0.3) is 0 Å². The van der Waals surface area contributed by atoms with E-state index < -0.39 is 0 Å². The number of hydrogen-bond donors (Lipinski definition) is 1. The van der Waals surface area contributed by atoms with E-state index in [1.165, 1.54) is 0 Å². The van der Waals surface area contributed by atoms with E-state index in [9.17, 15) is 0 Å². The topological polar surface area (TPSA) is 35.2 Å². The zero-order valence-electron chi connectivity index (χ0n) is 10.6. The third-order valence-corrected chi connectivity index (χ3v) is 3.62. The number of halogens is 2. The summed E-state index contributed by atoms with van der Waals surface area (Å²) in [4.78, 5) is 0. The minimum Gasteiger partial charge on any atom is -0.457 e. The summed E-state index contributed by atoms with van der Waals surface area (Å²) in [5.41, 5.74) is 7.06. The predicted molar refractivity (Wildman–Crippen MR) is 80.2 cm³/mol. The van der Waals surface area contributed by atoms with E-state index in [4.69, 9.17) is 33.7 Å². The van der Waals surface area contributed by atoms with Crippen molar-refractivity contribution in [3.63, 3.8) is 0 Å². The fourth-order valence-corrected chi connectivity index (χ4v) is 2.06. The van der Waals surface area contributed by atoms with Crippen molar-refractivity contribution in [2.24, 2.45) is 5.73 Å². The Hall–Kier alpha value is -1.22. The molecule has 2 aromatic carbocycles. The van der Waals surface area contributed by atoms with Crippen LogP contribution in [0.4, 0.5) is 0 Å². The third kappa shape index (κ3) is 3.41. The van der Waals surface area contributed by atoms with Crippen LogP contribution in [0.1, 0.15) is 24.9 Å². The van der Waals surface area contributed by atoms with Crippen LogP contribution < -0.4 is 10.5 Å². The first kappa shape index (κ1) is 14.2. The number of benzene rings is 2. The Morgan fingerprint density at radius 2 is 1.84 bits per heavy atom. The van der Waals surface area contributed by atoms with E-state index in [1.807, 2.05) is 31.2 Å². The summed E-state index contributed by atoms with van der Waals surface area (Å²) < 4.78 is 5.85. The summed E-state index contributed by atoms with van der Waals surface area (Å²) in [6.07, 6.45) is 0.849. The first-order valence-corrected chi connectivity index (χ1v) is 6.84. The normalized spacial score (nSPS) is 12.2. The Kier molecular flexibility index (Phi) is 4.70. The highest BCUT2D eigenvalue weighted by Gasteiger charge is 2.11. The van der Waals surface area contributed by atoms with Gasteiger partial charge in [-0.1, -0.05) is 48.3 Å². The van der Waals surface area contributed by atoms with Gasteiger partial charge in [0.1, 0.15) is 11.5 Å². The molecule has 0 aliphatic carbocycles. The van der Waals surface area contributed by atoms with Crippen molar-refractivity contribution in [2.75, 3.05) is 0 Å². The quantitative estimate of drug-likeness (QED) is 0.842. The second kappa shape index (κ2) is 6.29. The second-order valence-electron chi connectivity index (χ2n) is 4.23. The molecule has 0 heterocycles. The van der Waals surface area contributed by atoms with Gasteiger partial charge in [-0.05, 0) is 24.6 Å². The molecule has 2 nitrogen and oxygen atoms in total. The lowest BCUT2D eigenvalue weighted by molar-refractivity contribution is 0.469. The van der Waals surface area contributed by atoms with Crippen LogP contribution in [0.2, 0.25) is 10.0 Å². The number of hydrogen-bond acceptors (Lipinski definition) is 2. The molecule has 2 aromatic rings. The summed E-state index contributed by atoms with van der Waals surface area (Å²) >= 11 is 11.9. The molecule has 2 N–H and O–H groups in total. The molecular formula is C15H15Cl2NO. The smallest absolute Gasteiger partial charge is 0.132 e. The van der Waals surface area contributed by atoms with Crippen molar-refractivity contribution in [1.29, 1.82) is 0 Å². The lowest BCUT2D eigenvalue weighted by Crippen LogP contribution is -2.09. The summed E-state index contributed by atoms with van der Waals surface area (Å²) in [7, 11) is 0. The van der Waals surface area contributed by atoms with Crippen LogP contribution in [-0.2, 0) is 0 Å². The number of rotatable bonds is 4. The standard InChI is InChI=1S/C15H15Cl2NO/c1-2-14(18)11-5-3-4-6-15(11)19-10-7-8-12(16)13(17)9-10/h3-9,14H,2,18H2,1H3/t14-/m1/s1. The van der Waals surface area contributed by atoms with Crippen LogP contribution in [0.3, 0.4) is 0 Å². The fourth-order valence-electron chi connectivity index (χ4n) is 1.77. The largest absolute Gasteiger partial charge is 0.457 e. The maximum Gasteiger partial charge on any atom is 0.132 e. The highest BCUT2D eigenvalue weighted by Crippen LogP contribution is 2.33. The summed E-state index contributed by atoms with van der Waals surface area (Å²) in [6, 6.07) is 12.9. The summed E-state index contributed by atoms with van der Waals surface area (Å²) in [5.74, 6) is 1.39. The molecule has 0 bridgehead atoms. The Balaban J connectivity index is 2.30. The monoisotopic (exact) mass is 295 g/mol. The van der Waals surface area contributed by atoms with Crippen molar-refractivity contribution in [1.82, 2.24) is 0 Å². The van der Waals surface area contributed by atoms with E-state index >= 15 is 0 Å². The van der Waals surface area contributed by atoms with Gasteiger partial charge in [0.15, 0.2) is 0 Å². The molecule has 0 unspecified atom stereocenters. The molecule has 0 saturated carbocycles. The first-order chi connectivity index (χ1) is 9.11. The summed E-state index contributed by atoms with van der Waals surface area (Å²) in [6.45, 7) is 2.04. The fraction of sp³-hybridized carbons (Fsp3) is 0.200. The molecule has 0 amide bonds. The van der Waals surface area contributed by atoms with Gasteiger partial charge in [0.05, 0.1) is 10.0 Å². The molecule has 100 valence electrons. The lowest BCUT2D eigenvalue weighted by atomic mass is 10.0. The average molecular weight is 296 g/mol. The van der Waals surface area contributed by atoms with Gasteiger partial charge >= 0.3 is 0 Å². The molecule has 19 heavy (non-hydrogen) atoms. The number of nitrogens with two attached hydrogens (primary N) is 1. The van der Waals surface area contributed by atoms with Gasteiger partial charge in [0.2, 0.25) is 0 Å². The molecule has 0 aromatic heterocycles. The Labute approximate surface area is 123 Å². The Bertz CT molecular complexity index is 572. The molecule has 0 aliphatic rings. The molecule has 0 fully saturated rings. The van der Waals surface area contributed by atoms with E-state index in [-0.39, 0.29) is 6.04 Å². The zero-order chi connectivity index (χ0) is 13.8. The van der Waals surface area contributed by atoms with Gasteiger partial charge in [-0.2, -0.15) is 0 Å². The van der Waals surface area contributed by atoms with Crippen molar-refractivity contribution in [3.8, 4) is 11.5 Å². The Morgan fingerprint density at radius 1 is 1.11 bits per heavy atom. The molecule has 0 aliphatic heterocycles. The minimum atomic E-state index is -0.0426. The first-order valence-electron chi connectivity index (χ1n) is 6.09. The van der Waals surface area contributed by atoms with Crippen molar-refractivity contribution >= 4 is 23.2 Å². The average Bonchev–Trinajstić information content (AvgIpc) is 2.43. The Morgan fingerprint density at radius 3 is 2.53 bits per heavy atom. The lowest BCUT2D eigenvalue weighted by Gasteiger charge is -2.15. The van der Waals surface area contributed by atoms with E-state index in [0.717, 1.165) is 17.7 Å². The SMILES string of the molecule is CC[C@@H](N)c1ccccc1Oc1ccc(Cl)c(Cl)c1.